The molecule has 0 aliphatic carbocycles. The molecular weight excluding hydrogens is 192 g/mol. The minimum absolute atomic E-state index is 0.726. The average Bonchev–Trinajstić information content (AvgIpc) is 1.99. The van der Waals surface area contributed by atoms with Crippen molar-refractivity contribution in [2.24, 2.45) is 5.92 Å². The van der Waals surface area contributed by atoms with Crippen molar-refractivity contribution in [3.05, 3.63) is 0 Å². The van der Waals surface area contributed by atoms with Crippen molar-refractivity contribution in [2.75, 3.05) is 0 Å². The molecule has 2 aliphatic heterocycles. The molecule has 0 bridgehead atoms. The Morgan fingerprint density at radius 1 is 0.786 bits per heavy atom. The van der Waals surface area contributed by atoms with Gasteiger partial charge < -0.3 is 10.6 Å². The smallest absolute Gasteiger partial charge is 0.316 e. The highest BCUT2D eigenvalue weighted by Crippen LogP contribution is 2.09. The van der Waals surface area contributed by atoms with Gasteiger partial charge in [-0.15, -0.1) is 0 Å². The van der Waals surface area contributed by atoms with Gasteiger partial charge in [0.25, 0.3) is 0 Å². The van der Waals surface area contributed by atoms with Crippen LogP contribution in [0.3, 0.4) is 0 Å². The molecular formula is C6H6N4O4. The van der Waals surface area contributed by atoms with Gasteiger partial charge in [-0.3, -0.25) is 20.2 Å². The highest BCUT2D eigenvalue weighted by molar-refractivity contribution is 6.14. The topological polar surface area (TPSA) is 116 Å². The fourth-order valence-corrected chi connectivity index (χ4v) is 1.36. The van der Waals surface area contributed by atoms with Gasteiger partial charge in [-0.25, -0.2) is 9.59 Å². The van der Waals surface area contributed by atoms with Crippen molar-refractivity contribution in [3.63, 3.8) is 0 Å². The van der Waals surface area contributed by atoms with E-state index in [1.807, 2.05) is 10.6 Å². The Balaban J connectivity index is 2.26. The van der Waals surface area contributed by atoms with E-state index >= 15 is 0 Å². The number of hydrogen-bond donors (Lipinski definition) is 4. The summed E-state index contributed by atoms with van der Waals surface area (Å²) in [5, 5.41) is 8.34. The van der Waals surface area contributed by atoms with Crippen molar-refractivity contribution in [1.29, 1.82) is 0 Å². The van der Waals surface area contributed by atoms with Crippen LogP contribution in [-0.2, 0) is 9.59 Å². The van der Waals surface area contributed by atoms with Gasteiger partial charge in [0.2, 0.25) is 11.8 Å². The number of carbonyl (C=O) groups excluding carboxylic acids is 4. The lowest BCUT2D eigenvalue weighted by Gasteiger charge is -2.33. The molecule has 0 aromatic heterocycles. The van der Waals surface area contributed by atoms with Gasteiger partial charge in [0.1, 0.15) is 6.17 Å². The molecule has 2 saturated heterocycles. The van der Waals surface area contributed by atoms with E-state index < -0.39 is 36.0 Å². The number of hydrogen-bond acceptors (Lipinski definition) is 4. The zero-order chi connectivity index (χ0) is 10.3. The van der Waals surface area contributed by atoms with E-state index in [4.69, 9.17) is 0 Å². The van der Waals surface area contributed by atoms with Crippen LogP contribution in [0.1, 0.15) is 0 Å². The quantitative estimate of drug-likeness (QED) is 0.325. The maximum absolute atomic E-state index is 11.2. The van der Waals surface area contributed by atoms with Crippen molar-refractivity contribution in [1.82, 2.24) is 21.3 Å². The van der Waals surface area contributed by atoms with Gasteiger partial charge >= 0.3 is 12.1 Å². The molecule has 0 aromatic carbocycles. The molecule has 0 spiro atoms. The number of imide groups is 2. The van der Waals surface area contributed by atoms with Crippen LogP contribution in [0.5, 0.6) is 0 Å². The fourth-order valence-electron chi connectivity index (χ4n) is 1.36. The number of carbonyl (C=O) groups is 4. The molecule has 14 heavy (non-hydrogen) atoms. The lowest BCUT2D eigenvalue weighted by Crippen LogP contribution is -2.72. The summed E-state index contributed by atoms with van der Waals surface area (Å²) >= 11 is 0. The molecule has 2 rings (SSSR count). The van der Waals surface area contributed by atoms with E-state index in [1.54, 1.807) is 0 Å². The fraction of sp³-hybridized carbons (Fsp3) is 0.333. The first kappa shape index (κ1) is 8.48. The minimum Gasteiger partial charge on any atom is -0.316 e. The minimum atomic E-state index is -1.11. The van der Waals surface area contributed by atoms with Crippen LogP contribution >= 0.6 is 0 Å². The predicted octanol–water partition coefficient (Wildman–Crippen LogP) is -2.39. The highest BCUT2D eigenvalue weighted by Gasteiger charge is 2.45. The third-order valence-electron chi connectivity index (χ3n) is 1.94. The van der Waals surface area contributed by atoms with E-state index in [0.717, 1.165) is 0 Å². The van der Waals surface area contributed by atoms with Crippen LogP contribution in [0, 0.1) is 5.92 Å². The zero-order valence-corrected chi connectivity index (χ0v) is 6.79. The van der Waals surface area contributed by atoms with Gasteiger partial charge in [0, 0.05) is 0 Å². The third kappa shape index (κ3) is 1.16. The van der Waals surface area contributed by atoms with Gasteiger partial charge in [-0.2, -0.15) is 0 Å². The first-order chi connectivity index (χ1) is 6.58. The Labute approximate surface area is 77.4 Å². The second kappa shape index (κ2) is 2.69. The summed E-state index contributed by atoms with van der Waals surface area (Å²) in [5.41, 5.74) is 0. The zero-order valence-electron chi connectivity index (χ0n) is 6.79. The number of urea groups is 2. The number of fused-ring (bicyclic) bond motifs is 1. The van der Waals surface area contributed by atoms with Crippen LogP contribution in [-0.4, -0.2) is 30.0 Å². The van der Waals surface area contributed by atoms with Crippen molar-refractivity contribution >= 4 is 23.9 Å². The highest BCUT2D eigenvalue weighted by atomic mass is 16.2. The Kier molecular flexibility index (Phi) is 1.63. The average molecular weight is 198 g/mol. The molecule has 0 unspecified atom stereocenters. The van der Waals surface area contributed by atoms with Crippen molar-refractivity contribution < 1.29 is 19.2 Å². The van der Waals surface area contributed by atoms with E-state index in [0.29, 0.717) is 0 Å². The molecule has 2 heterocycles. The van der Waals surface area contributed by atoms with Crippen molar-refractivity contribution in [3.8, 4) is 0 Å². The maximum Gasteiger partial charge on any atom is 0.323 e. The molecule has 6 amide bonds. The summed E-state index contributed by atoms with van der Waals surface area (Å²) < 4.78 is 0. The third-order valence-corrected chi connectivity index (χ3v) is 1.94. The second-order valence-electron chi connectivity index (χ2n) is 2.88. The summed E-state index contributed by atoms with van der Waals surface area (Å²) in [6, 6.07) is -1.46. The number of nitrogens with one attached hydrogen (secondary N) is 4. The Morgan fingerprint density at radius 2 is 1.21 bits per heavy atom. The van der Waals surface area contributed by atoms with Gasteiger partial charge in [-0.05, 0) is 0 Å². The molecule has 0 atom stereocenters. The van der Waals surface area contributed by atoms with Gasteiger partial charge in [0.15, 0.2) is 5.92 Å². The molecule has 2 aliphatic rings. The standard InChI is InChI=1S/C6H6N4O4/c11-3-1-2(7-5(13)9-3)8-6(14)10-4(1)12/h1-2H,(H2,7,9,11,13)(H2,8,10,12,14). The molecule has 2 fully saturated rings. The first-order valence-corrected chi connectivity index (χ1v) is 3.80. The normalized spacial score (nSPS) is 30.9. The SMILES string of the molecule is O=C1NC(=O)C2C(=O)NC(=O)NC2N1. The molecule has 8 nitrogen and oxygen atoms in total. The molecule has 4 N–H and O–H groups in total. The number of rotatable bonds is 0. The summed E-state index contributed by atoms with van der Waals surface area (Å²) in [6.45, 7) is 0. The molecule has 0 saturated carbocycles. The molecule has 0 aromatic rings. The van der Waals surface area contributed by atoms with E-state index in [1.165, 1.54) is 0 Å². The Bertz CT molecular complexity index is 320. The van der Waals surface area contributed by atoms with Crippen LogP contribution in [0.15, 0.2) is 0 Å². The van der Waals surface area contributed by atoms with E-state index in [9.17, 15) is 19.2 Å². The summed E-state index contributed by atoms with van der Waals surface area (Å²) in [6.07, 6.45) is -0.961. The monoisotopic (exact) mass is 198 g/mol. The Morgan fingerprint density at radius 3 is 1.64 bits per heavy atom. The molecule has 8 heteroatoms. The van der Waals surface area contributed by atoms with Gasteiger partial charge in [0.05, 0.1) is 0 Å². The maximum atomic E-state index is 11.2. The van der Waals surface area contributed by atoms with Crippen LogP contribution in [0.4, 0.5) is 9.59 Å². The second-order valence-corrected chi connectivity index (χ2v) is 2.88. The summed E-state index contributed by atoms with van der Waals surface area (Å²) in [7, 11) is 0. The van der Waals surface area contributed by atoms with E-state index in [-0.39, 0.29) is 0 Å². The first-order valence-electron chi connectivity index (χ1n) is 3.80. The molecule has 0 radical (unpaired) electrons. The lowest BCUT2D eigenvalue weighted by atomic mass is 10.0. The van der Waals surface area contributed by atoms with Crippen molar-refractivity contribution in [2.45, 2.75) is 6.17 Å². The summed E-state index contributed by atoms with van der Waals surface area (Å²) in [4.78, 5) is 44.0. The lowest BCUT2D eigenvalue weighted by molar-refractivity contribution is -0.137. The Hall–Kier alpha value is -2.12. The predicted molar refractivity (Wildman–Crippen MR) is 40.6 cm³/mol. The molecule has 74 valence electrons. The summed E-state index contributed by atoms with van der Waals surface area (Å²) in [5.74, 6) is -2.56. The van der Waals surface area contributed by atoms with E-state index in [2.05, 4.69) is 10.6 Å². The van der Waals surface area contributed by atoms with Crippen LogP contribution in [0.25, 0.3) is 0 Å². The van der Waals surface area contributed by atoms with Crippen LogP contribution in [0.2, 0.25) is 0 Å². The number of amides is 6. The largest absolute Gasteiger partial charge is 0.323 e. The van der Waals surface area contributed by atoms with Crippen LogP contribution < -0.4 is 21.3 Å². The van der Waals surface area contributed by atoms with Gasteiger partial charge in [-0.1, -0.05) is 0 Å².